The lowest BCUT2D eigenvalue weighted by atomic mass is 9.86. The van der Waals surface area contributed by atoms with Crippen LogP contribution < -0.4 is 19.4 Å². The van der Waals surface area contributed by atoms with E-state index in [1.165, 1.54) is 23.3 Å². The number of carbonyl (C=O) groups excluding carboxylic acids is 2. The number of pyridine rings is 2. The number of aromatic nitrogens is 2. The molecule has 0 unspecified atom stereocenters. The van der Waals surface area contributed by atoms with E-state index in [9.17, 15) is 9.59 Å². The average molecular weight is 699 g/mol. The summed E-state index contributed by atoms with van der Waals surface area (Å²) in [6, 6.07) is 14.2. The SMILES string of the molecule is COc1ccc([C@H](Cc2c(Cl)c[nH+]cc2Cl)OC(=O)c2ccc(CN(C(=O)O[C@H]3CN4CCC3CC4)c3ccccn3)s2)cc1OC. The highest BCUT2D eigenvalue weighted by Crippen LogP contribution is 2.36. The first-order valence-corrected chi connectivity index (χ1v) is 16.9. The van der Waals surface area contributed by atoms with Crippen molar-refractivity contribution < 1.29 is 33.5 Å². The van der Waals surface area contributed by atoms with E-state index in [2.05, 4.69) is 14.9 Å². The van der Waals surface area contributed by atoms with Crippen LogP contribution in [0.4, 0.5) is 10.6 Å². The minimum Gasteiger partial charge on any atom is -0.493 e. The number of nitrogens with one attached hydrogen (secondary N) is 1. The molecule has 13 heteroatoms. The van der Waals surface area contributed by atoms with Gasteiger partial charge in [-0.25, -0.2) is 19.6 Å². The predicted molar refractivity (Wildman–Crippen MR) is 179 cm³/mol. The number of piperidine rings is 3. The predicted octanol–water partition coefficient (Wildman–Crippen LogP) is 6.66. The summed E-state index contributed by atoms with van der Waals surface area (Å²) < 4.78 is 23.1. The summed E-state index contributed by atoms with van der Waals surface area (Å²) in [6.07, 6.45) is 5.79. The van der Waals surface area contributed by atoms with Crippen LogP contribution in [0.25, 0.3) is 0 Å². The number of methoxy groups -OCH3 is 2. The van der Waals surface area contributed by atoms with Crippen molar-refractivity contribution in [3.63, 3.8) is 0 Å². The van der Waals surface area contributed by atoms with E-state index in [4.69, 9.17) is 42.1 Å². The van der Waals surface area contributed by atoms with E-state index < -0.39 is 18.2 Å². The Kier molecular flexibility index (Phi) is 10.5. The largest absolute Gasteiger partial charge is 0.493 e. The van der Waals surface area contributed by atoms with E-state index in [1.807, 2.05) is 18.2 Å². The summed E-state index contributed by atoms with van der Waals surface area (Å²) in [4.78, 5) is 39.5. The molecule has 2 atom stereocenters. The number of esters is 1. The molecular weight excluding hydrogens is 663 g/mol. The average Bonchev–Trinajstić information content (AvgIpc) is 3.58. The second-order valence-corrected chi connectivity index (χ2v) is 13.4. The number of H-pyrrole nitrogens is 1. The monoisotopic (exact) mass is 697 g/mol. The van der Waals surface area contributed by atoms with Crippen LogP contribution in [0, 0.1) is 5.92 Å². The van der Waals surface area contributed by atoms with Crippen molar-refractivity contribution >= 4 is 52.4 Å². The third kappa shape index (κ3) is 7.65. The van der Waals surface area contributed by atoms with Gasteiger partial charge in [0.2, 0.25) is 0 Å². The summed E-state index contributed by atoms with van der Waals surface area (Å²) in [7, 11) is 3.09. The van der Waals surface area contributed by atoms with Gasteiger partial charge in [0.1, 0.15) is 32.9 Å². The first-order chi connectivity index (χ1) is 22.8. The van der Waals surface area contributed by atoms with E-state index in [1.54, 1.807) is 56.0 Å². The van der Waals surface area contributed by atoms with Gasteiger partial charge in [0.05, 0.1) is 20.8 Å². The second kappa shape index (κ2) is 14.9. The van der Waals surface area contributed by atoms with Crippen LogP contribution >= 0.6 is 34.5 Å². The van der Waals surface area contributed by atoms with E-state index in [0.717, 1.165) is 37.4 Å². The highest BCUT2D eigenvalue weighted by Gasteiger charge is 2.37. The molecule has 7 rings (SSSR count). The van der Waals surface area contributed by atoms with Crippen molar-refractivity contribution in [2.24, 2.45) is 5.92 Å². The summed E-state index contributed by atoms with van der Waals surface area (Å²) in [6.45, 7) is 3.03. The molecule has 1 N–H and O–H groups in total. The zero-order chi connectivity index (χ0) is 32.9. The van der Waals surface area contributed by atoms with Gasteiger partial charge in [0, 0.05) is 29.6 Å². The minimum absolute atomic E-state index is 0.150. The molecule has 10 nitrogen and oxygen atoms in total. The third-order valence-corrected chi connectivity index (χ3v) is 10.3. The summed E-state index contributed by atoms with van der Waals surface area (Å²) >= 11 is 14.2. The molecule has 1 amide bonds. The van der Waals surface area contributed by atoms with Gasteiger partial charge in [-0.15, -0.1) is 11.3 Å². The van der Waals surface area contributed by atoms with Crippen LogP contribution in [0.2, 0.25) is 10.0 Å². The summed E-state index contributed by atoms with van der Waals surface area (Å²) in [5.74, 6) is 1.34. The van der Waals surface area contributed by atoms with Gasteiger partial charge in [0.25, 0.3) is 0 Å². The highest BCUT2D eigenvalue weighted by molar-refractivity contribution is 7.13. The van der Waals surface area contributed by atoms with Gasteiger partial charge < -0.3 is 18.9 Å². The molecule has 0 radical (unpaired) electrons. The molecule has 1 aromatic carbocycles. The van der Waals surface area contributed by atoms with Crippen LogP contribution in [0.15, 0.2) is 67.1 Å². The maximum Gasteiger partial charge on any atom is 0.416 e. The standard InChI is InChI=1S/C34H34Cl2N4O6S/c1-43-27-8-6-22(15-29(27)44-2)28(16-24-25(35)17-37-18-26(24)36)45-33(41)31-9-7-23(47-31)19-40(32-5-3-4-12-38-32)34(42)46-30-20-39-13-10-21(30)11-14-39/h3-9,12,15,17-18,21,28,30H,10-11,13-14,16,19-20H2,1-2H3/p+1/t28-,30-/m0/s1. The van der Waals surface area contributed by atoms with Gasteiger partial charge in [-0.3, -0.25) is 9.80 Å². The number of carbonyl (C=O) groups is 2. The first-order valence-electron chi connectivity index (χ1n) is 15.3. The molecule has 6 heterocycles. The molecule has 0 saturated carbocycles. The van der Waals surface area contributed by atoms with E-state index >= 15 is 0 Å². The quantitative estimate of drug-likeness (QED) is 0.160. The number of thiophene rings is 1. The molecule has 246 valence electrons. The van der Waals surface area contributed by atoms with Crippen molar-refractivity contribution in [1.29, 1.82) is 0 Å². The fourth-order valence-electron chi connectivity index (χ4n) is 6.04. The van der Waals surface area contributed by atoms with E-state index in [-0.39, 0.29) is 19.1 Å². The number of aromatic amines is 1. The lowest BCUT2D eigenvalue weighted by Gasteiger charge is -2.44. The Balaban J connectivity index is 1.21. The maximum atomic E-state index is 13.6. The summed E-state index contributed by atoms with van der Waals surface area (Å²) in [5.41, 5.74) is 1.29. The zero-order valence-electron chi connectivity index (χ0n) is 26.0. The zero-order valence-corrected chi connectivity index (χ0v) is 28.3. The number of rotatable bonds is 11. The first kappa shape index (κ1) is 33.0. The Hall–Kier alpha value is -3.90. The normalized spacial score (nSPS) is 19.1. The number of fused-ring (bicyclic) bond motifs is 3. The smallest absolute Gasteiger partial charge is 0.416 e. The van der Waals surface area contributed by atoms with Gasteiger partial charge in [-0.2, -0.15) is 0 Å². The minimum atomic E-state index is -0.758. The fraction of sp³-hybridized carbons (Fsp3) is 0.353. The molecule has 3 fully saturated rings. The van der Waals surface area contributed by atoms with E-state index in [0.29, 0.717) is 49.3 Å². The molecule has 0 aliphatic carbocycles. The van der Waals surface area contributed by atoms with Crippen molar-refractivity contribution in [2.75, 3.05) is 38.8 Å². The molecule has 0 spiro atoms. The molecule has 4 aromatic rings. The molecule has 3 aromatic heterocycles. The lowest BCUT2D eigenvalue weighted by Crippen LogP contribution is -2.53. The number of benzene rings is 1. The number of hydrogen-bond donors (Lipinski definition) is 0. The number of anilines is 1. The third-order valence-electron chi connectivity index (χ3n) is 8.59. The Bertz CT molecular complexity index is 1700. The van der Waals surface area contributed by atoms with Crippen LogP contribution in [-0.2, 0) is 22.4 Å². The van der Waals surface area contributed by atoms with Gasteiger partial charge in [-0.1, -0.05) is 35.3 Å². The molecule has 3 saturated heterocycles. The number of halogens is 2. The molecule has 3 aliphatic rings. The van der Waals surface area contributed by atoms with Crippen molar-refractivity contribution in [3.8, 4) is 11.5 Å². The van der Waals surface area contributed by atoms with Crippen molar-refractivity contribution in [1.82, 2.24) is 9.88 Å². The van der Waals surface area contributed by atoms with Crippen LogP contribution in [0.5, 0.6) is 11.5 Å². The maximum absolute atomic E-state index is 13.6. The topological polar surface area (TPSA) is 105 Å². The Morgan fingerprint density at radius 2 is 1.81 bits per heavy atom. The van der Waals surface area contributed by atoms with Crippen LogP contribution in [-0.4, -0.2) is 61.9 Å². The van der Waals surface area contributed by atoms with Gasteiger partial charge >= 0.3 is 12.1 Å². The highest BCUT2D eigenvalue weighted by atomic mass is 35.5. The Labute approximate surface area is 287 Å². The number of nitrogens with zero attached hydrogens (tertiary/aromatic N) is 3. The van der Waals surface area contributed by atoms with Gasteiger partial charge in [0.15, 0.2) is 23.9 Å². The molecule has 3 aliphatic heterocycles. The number of hydrogen-bond acceptors (Lipinski definition) is 9. The van der Waals surface area contributed by atoms with Gasteiger partial charge in [-0.05, 0) is 73.8 Å². The Morgan fingerprint density at radius 3 is 2.47 bits per heavy atom. The van der Waals surface area contributed by atoms with Crippen molar-refractivity contribution in [3.05, 3.63) is 98.0 Å². The fourth-order valence-corrected chi connectivity index (χ4v) is 7.45. The molecular formula is C34H35Cl2N4O6S+. The number of ether oxygens (including phenoxy) is 4. The molecule has 2 bridgehead atoms. The van der Waals surface area contributed by atoms with Crippen LogP contribution in [0.1, 0.15) is 44.6 Å². The number of amides is 1. The summed E-state index contributed by atoms with van der Waals surface area (Å²) in [5, 5.41) is 0.828. The van der Waals surface area contributed by atoms with Crippen LogP contribution in [0.3, 0.4) is 0 Å². The molecule has 47 heavy (non-hydrogen) atoms. The Morgan fingerprint density at radius 1 is 1.04 bits per heavy atom. The second-order valence-electron chi connectivity index (χ2n) is 11.4. The lowest BCUT2D eigenvalue weighted by molar-refractivity contribution is -0.377. The van der Waals surface area contributed by atoms with Crippen molar-refractivity contribution in [2.45, 2.75) is 38.0 Å².